The molecule has 0 aliphatic carbocycles. The van der Waals surface area contributed by atoms with Crippen molar-refractivity contribution in [2.45, 2.75) is 18.4 Å². The number of benzene rings is 1. The highest BCUT2D eigenvalue weighted by Crippen LogP contribution is 2.31. The molecule has 2 aromatic rings. The lowest BCUT2D eigenvalue weighted by molar-refractivity contribution is 0.0935. The second-order valence-corrected chi connectivity index (χ2v) is 7.35. The number of piperidine rings is 1. The van der Waals surface area contributed by atoms with Crippen LogP contribution in [0.15, 0.2) is 29.0 Å². The van der Waals surface area contributed by atoms with Crippen molar-refractivity contribution < 1.29 is 13.6 Å². The number of hydrogen-bond acceptors (Lipinski definition) is 6. The van der Waals surface area contributed by atoms with Crippen molar-refractivity contribution in [1.82, 2.24) is 15.3 Å². The number of amides is 1. The number of nitrogens with two attached hydrogens (primary N) is 2. The lowest BCUT2D eigenvalue weighted by Crippen LogP contribution is -2.56. The lowest BCUT2D eigenvalue weighted by atomic mass is 9.88. The molecule has 10 heteroatoms. The van der Waals surface area contributed by atoms with Crippen molar-refractivity contribution in [3.63, 3.8) is 0 Å². The first-order valence-electron chi connectivity index (χ1n) is 8.32. The van der Waals surface area contributed by atoms with Gasteiger partial charge >= 0.3 is 0 Å². The summed E-state index contributed by atoms with van der Waals surface area (Å²) in [5.74, 6) is -1.20. The molecule has 3 rings (SSSR count). The van der Waals surface area contributed by atoms with Gasteiger partial charge in [-0.1, -0.05) is 0 Å². The SMILES string of the molecule is Nc1ncnc(N2CCC(N)(CNC(=O)c3ccc(F)cc3F)CC2)c1Br. The molecule has 0 bridgehead atoms. The van der Waals surface area contributed by atoms with Gasteiger partial charge in [-0.05, 0) is 40.9 Å². The van der Waals surface area contributed by atoms with E-state index in [0.717, 1.165) is 12.1 Å². The molecule has 0 atom stereocenters. The van der Waals surface area contributed by atoms with Gasteiger partial charge in [0.1, 0.15) is 34.1 Å². The Morgan fingerprint density at radius 3 is 2.67 bits per heavy atom. The highest BCUT2D eigenvalue weighted by Gasteiger charge is 2.32. The van der Waals surface area contributed by atoms with Crippen LogP contribution in [0.25, 0.3) is 0 Å². The van der Waals surface area contributed by atoms with Gasteiger partial charge in [0.2, 0.25) is 0 Å². The summed E-state index contributed by atoms with van der Waals surface area (Å²) in [4.78, 5) is 22.4. The largest absolute Gasteiger partial charge is 0.383 e. The van der Waals surface area contributed by atoms with Gasteiger partial charge in [0.05, 0.1) is 5.56 Å². The number of nitrogens with zero attached hydrogens (tertiary/aromatic N) is 3. The highest BCUT2D eigenvalue weighted by atomic mass is 79.9. The van der Waals surface area contributed by atoms with Crippen LogP contribution in [0.3, 0.4) is 0 Å². The first-order chi connectivity index (χ1) is 12.8. The summed E-state index contributed by atoms with van der Waals surface area (Å²) < 4.78 is 27.3. The van der Waals surface area contributed by atoms with Gasteiger partial charge in [0, 0.05) is 31.2 Å². The number of nitrogens with one attached hydrogen (secondary N) is 1. The molecule has 1 aromatic heterocycles. The van der Waals surface area contributed by atoms with E-state index < -0.39 is 23.1 Å². The van der Waals surface area contributed by atoms with Crippen LogP contribution >= 0.6 is 15.9 Å². The molecule has 0 unspecified atom stereocenters. The van der Waals surface area contributed by atoms with Gasteiger partial charge in [0.25, 0.3) is 5.91 Å². The van der Waals surface area contributed by atoms with Crippen molar-refractivity contribution in [3.05, 3.63) is 46.2 Å². The average molecular weight is 441 g/mol. The van der Waals surface area contributed by atoms with Crippen LogP contribution in [-0.2, 0) is 0 Å². The standard InChI is InChI=1S/C17H19BrF2N6O/c18-13-14(21)24-9-25-15(13)26-5-3-17(22,4-6-26)8-23-16(27)11-2-1-10(19)7-12(11)20/h1-2,7,9H,3-6,8,22H2,(H,23,27)(H2,21,24,25). The summed E-state index contributed by atoms with van der Waals surface area (Å²) in [5, 5.41) is 2.64. The molecule has 1 aliphatic heterocycles. The van der Waals surface area contributed by atoms with Gasteiger partial charge in [-0.25, -0.2) is 18.7 Å². The van der Waals surface area contributed by atoms with E-state index in [4.69, 9.17) is 11.5 Å². The van der Waals surface area contributed by atoms with Crippen LogP contribution in [0, 0.1) is 11.6 Å². The van der Waals surface area contributed by atoms with Crippen molar-refractivity contribution in [2.75, 3.05) is 30.3 Å². The van der Waals surface area contributed by atoms with E-state index in [1.165, 1.54) is 6.33 Å². The fourth-order valence-electron chi connectivity index (χ4n) is 2.96. The summed E-state index contributed by atoms with van der Waals surface area (Å²) in [6.07, 6.45) is 2.59. The van der Waals surface area contributed by atoms with Crippen molar-refractivity contribution >= 4 is 33.5 Å². The normalized spacial score (nSPS) is 16.2. The maximum Gasteiger partial charge on any atom is 0.254 e. The van der Waals surface area contributed by atoms with Gasteiger partial charge in [-0.2, -0.15) is 0 Å². The van der Waals surface area contributed by atoms with Crippen LogP contribution in [0.5, 0.6) is 0 Å². The number of carbonyl (C=O) groups is 1. The van der Waals surface area contributed by atoms with Crippen LogP contribution < -0.4 is 21.7 Å². The smallest absolute Gasteiger partial charge is 0.254 e. The monoisotopic (exact) mass is 440 g/mol. The van der Waals surface area contributed by atoms with Crippen molar-refractivity contribution in [2.24, 2.45) is 5.73 Å². The van der Waals surface area contributed by atoms with Gasteiger partial charge in [0.15, 0.2) is 0 Å². The lowest BCUT2D eigenvalue weighted by Gasteiger charge is -2.40. The number of carbonyl (C=O) groups excluding carboxylic acids is 1. The molecule has 0 radical (unpaired) electrons. The van der Waals surface area contributed by atoms with E-state index in [2.05, 4.69) is 31.2 Å². The Kier molecular flexibility index (Phi) is 5.56. The van der Waals surface area contributed by atoms with E-state index in [1.54, 1.807) is 0 Å². The third kappa shape index (κ3) is 4.33. The molecule has 0 spiro atoms. The zero-order valence-corrected chi connectivity index (χ0v) is 16.0. The average Bonchev–Trinajstić information content (AvgIpc) is 2.63. The molecule has 1 fully saturated rings. The topological polar surface area (TPSA) is 110 Å². The Labute approximate surface area is 163 Å². The summed E-state index contributed by atoms with van der Waals surface area (Å²) in [6, 6.07) is 2.83. The third-order valence-corrected chi connectivity index (χ3v) is 5.39. The number of rotatable bonds is 4. The molecular weight excluding hydrogens is 422 g/mol. The number of halogens is 3. The van der Waals surface area contributed by atoms with E-state index in [0.29, 0.717) is 48.1 Å². The Hall–Kier alpha value is -2.33. The van der Waals surface area contributed by atoms with Crippen LogP contribution in [0.2, 0.25) is 0 Å². The Morgan fingerprint density at radius 1 is 1.30 bits per heavy atom. The molecule has 1 amide bonds. The molecule has 2 heterocycles. The minimum Gasteiger partial charge on any atom is -0.383 e. The number of hydrogen-bond donors (Lipinski definition) is 3. The second kappa shape index (κ2) is 7.73. The molecule has 7 nitrogen and oxygen atoms in total. The van der Waals surface area contributed by atoms with Gasteiger partial charge in [-0.15, -0.1) is 0 Å². The number of anilines is 2. The van der Waals surface area contributed by atoms with Crippen LogP contribution in [-0.4, -0.2) is 41.0 Å². The molecule has 144 valence electrons. The molecule has 5 N–H and O–H groups in total. The van der Waals surface area contributed by atoms with E-state index >= 15 is 0 Å². The molecule has 1 aromatic carbocycles. The zero-order chi connectivity index (χ0) is 19.6. The summed E-state index contributed by atoms with van der Waals surface area (Å²) in [5.41, 5.74) is 11.3. The maximum atomic E-state index is 13.7. The maximum absolute atomic E-state index is 13.7. The number of nitrogen functional groups attached to an aromatic ring is 1. The third-order valence-electron chi connectivity index (χ3n) is 4.63. The Morgan fingerprint density at radius 2 is 2.00 bits per heavy atom. The minimum absolute atomic E-state index is 0.184. The second-order valence-electron chi connectivity index (χ2n) is 6.55. The van der Waals surface area contributed by atoms with Crippen LogP contribution in [0.1, 0.15) is 23.2 Å². The highest BCUT2D eigenvalue weighted by molar-refractivity contribution is 9.10. The summed E-state index contributed by atoms with van der Waals surface area (Å²) in [7, 11) is 0. The first kappa shape index (κ1) is 19.4. The Bertz CT molecular complexity index is 857. The van der Waals surface area contributed by atoms with E-state index in [9.17, 15) is 13.6 Å². The zero-order valence-electron chi connectivity index (χ0n) is 14.4. The first-order valence-corrected chi connectivity index (χ1v) is 9.11. The van der Waals surface area contributed by atoms with Gasteiger partial charge < -0.3 is 21.7 Å². The van der Waals surface area contributed by atoms with Crippen molar-refractivity contribution in [1.29, 1.82) is 0 Å². The fourth-order valence-corrected chi connectivity index (χ4v) is 3.42. The Balaban J connectivity index is 1.59. The molecular formula is C17H19BrF2N6O. The van der Waals surface area contributed by atoms with Crippen molar-refractivity contribution in [3.8, 4) is 0 Å². The molecule has 1 saturated heterocycles. The predicted octanol–water partition coefficient (Wildman–Crippen LogP) is 1.83. The quantitative estimate of drug-likeness (QED) is 0.668. The fraction of sp³-hybridized carbons (Fsp3) is 0.353. The minimum atomic E-state index is -0.903. The van der Waals surface area contributed by atoms with Gasteiger partial charge in [-0.3, -0.25) is 4.79 Å². The molecule has 0 saturated carbocycles. The number of aromatic nitrogens is 2. The molecule has 1 aliphatic rings. The van der Waals surface area contributed by atoms with E-state index in [-0.39, 0.29) is 12.1 Å². The molecule has 27 heavy (non-hydrogen) atoms. The summed E-state index contributed by atoms with van der Waals surface area (Å²) >= 11 is 3.39. The summed E-state index contributed by atoms with van der Waals surface area (Å²) in [6.45, 7) is 1.42. The van der Waals surface area contributed by atoms with Crippen LogP contribution in [0.4, 0.5) is 20.4 Å². The predicted molar refractivity (Wildman–Crippen MR) is 101 cm³/mol. The van der Waals surface area contributed by atoms with E-state index in [1.807, 2.05) is 4.90 Å².